The molecule has 0 aromatic heterocycles. The summed E-state index contributed by atoms with van der Waals surface area (Å²) in [4.78, 5) is 8.06. The van der Waals surface area contributed by atoms with Gasteiger partial charge in [0.1, 0.15) is 5.83 Å². The van der Waals surface area contributed by atoms with E-state index in [-0.39, 0.29) is 5.83 Å². The minimum Gasteiger partial charge on any atom is -0.311 e. The molecule has 0 heterocycles. The van der Waals surface area contributed by atoms with E-state index in [9.17, 15) is 4.39 Å². The smallest absolute Gasteiger partial charge is 0.127 e. The second kappa shape index (κ2) is 12.8. The first-order chi connectivity index (χ1) is 13.4. The molecule has 0 unspecified atom stereocenters. The Hall–Kier alpha value is -2.53. The van der Waals surface area contributed by atoms with Gasteiger partial charge in [-0.05, 0) is 64.5 Å². The molecule has 0 aromatic rings. The highest BCUT2D eigenvalue weighted by Crippen LogP contribution is 2.22. The van der Waals surface area contributed by atoms with Gasteiger partial charge in [-0.3, -0.25) is 9.98 Å². The molecular formula is C23H33FN4. The molecule has 0 fully saturated rings. The predicted molar refractivity (Wildman–Crippen MR) is 120 cm³/mol. The summed E-state index contributed by atoms with van der Waals surface area (Å²) in [6, 6.07) is 0. The fourth-order valence-electron chi connectivity index (χ4n) is 2.86. The van der Waals surface area contributed by atoms with Crippen molar-refractivity contribution < 1.29 is 4.39 Å². The van der Waals surface area contributed by atoms with Crippen molar-refractivity contribution in [1.29, 1.82) is 0 Å². The van der Waals surface area contributed by atoms with Gasteiger partial charge in [-0.25, -0.2) is 9.82 Å². The lowest BCUT2D eigenvalue weighted by Crippen LogP contribution is -2.37. The number of hydrazine groups is 1. The second-order valence-corrected chi connectivity index (χ2v) is 6.88. The van der Waals surface area contributed by atoms with Crippen LogP contribution in [0.2, 0.25) is 0 Å². The summed E-state index contributed by atoms with van der Waals surface area (Å²) in [5.74, 6) is -0.186. The van der Waals surface area contributed by atoms with Crippen LogP contribution in [0, 0.1) is 0 Å². The molecule has 0 radical (unpaired) electrons. The molecule has 0 saturated heterocycles. The van der Waals surface area contributed by atoms with Gasteiger partial charge >= 0.3 is 0 Å². The van der Waals surface area contributed by atoms with Gasteiger partial charge in [-0.1, -0.05) is 29.4 Å². The van der Waals surface area contributed by atoms with Crippen LogP contribution in [0.15, 0.2) is 80.4 Å². The number of halogens is 1. The Balaban J connectivity index is 3.07. The van der Waals surface area contributed by atoms with Crippen LogP contribution in [0.5, 0.6) is 0 Å². The standard InChI is InChI=1S/C23H33FN4/c1-7-20(13-25-5)21(14-26-6)17-28(16-18(2)3)27-15-22-19(4)11-9-8-10-12-23(22)24/h7-8,10,12-14,16,27H,6,9,11,15,17H2,1-5H3/b10-8+,20-7+,21-14+,22-19?,23-12?,25-13?. The number of hydrogen-bond donors (Lipinski definition) is 1. The fraction of sp³-hybridized carbons (Fsp3) is 0.391. The first-order valence-corrected chi connectivity index (χ1v) is 9.53. The van der Waals surface area contributed by atoms with Gasteiger partial charge in [0.25, 0.3) is 0 Å². The Morgan fingerprint density at radius 3 is 2.75 bits per heavy atom. The Morgan fingerprint density at radius 2 is 2.14 bits per heavy atom. The van der Waals surface area contributed by atoms with Crippen LogP contribution in [-0.4, -0.2) is 38.1 Å². The SMILES string of the molecule is C=N/C=C(CN(C=C(C)C)NCC1=C(C)CC/C=C/C=C1F)/C(C=NC)=C/C. The van der Waals surface area contributed by atoms with Crippen LogP contribution in [-0.2, 0) is 0 Å². The van der Waals surface area contributed by atoms with E-state index in [1.54, 1.807) is 25.5 Å². The summed E-state index contributed by atoms with van der Waals surface area (Å²) in [6.45, 7) is 12.6. The Bertz CT molecular complexity index is 745. The van der Waals surface area contributed by atoms with E-state index in [0.29, 0.717) is 18.7 Å². The summed E-state index contributed by atoms with van der Waals surface area (Å²) < 4.78 is 14.5. The van der Waals surface area contributed by atoms with Gasteiger partial charge in [0, 0.05) is 37.8 Å². The van der Waals surface area contributed by atoms with Crippen LogP contribution >= 0.6 is 0 Å². The Morgan fingerprint density at radius 1 is 1.39 bits per heavy atom. The van der Waals surface area contributed by atoms with E-state index in [0.717, 1.165) is 35.1 Å². The minimum atomic E-state index is -0.186. The maximum atomic E-state index is 14.5. The molecule has 0 amide bonds. The number of hydrogen-bond acceptors (Lipinski definition) is 4. The van der Waals surface area contributed by atoms with Gasteiger partial charge < -0.3 is 5.01 Å². The fourth-order valence-corrected chi connectivity index (χ4v) is 2.86. The van der Waals surface area contributed by atoms with E-state index < -0.39 is 0 Å². The lowest BCUT2D eigenvalue weighted by molar-refractivity contribution is 0.301. The van der Waals surface area contributed by atoms with Crippen molar-refractivity contribution in [1.82, 2.24) is 10.4 Å². The number of nitrogens with zero attached hydrogens (tertiary/aromatic N) is 3. The second-order valence-electron chi connectivity index (χ2n) is 6.88. The molecule has 0 bridgehead atoms. The molecule has 0 aromatic carbocycles. The summed E-state index contributed by atoms with van der Waals surface area (Å²) in [5, 5.41) is 1.96. The first-order valence-electron chi connectivity index (χ1n) is 9.53. The van der Waals surface area contributed by atoms with E-state index in [2.05, 4.69) is 22.1 Å². The number of allylic oxidation sites excluding steroid dienone is 6. The highest BCUT2D eigenvalue weighted by atomic mass is 19.1. The van der Waals surface area contributed by atoms with Crippen molar-refractivity contribution >= 4 is 12.9 Å². The van der Waals surface area contributed by atoms with Gasteiger partial charge in [0.2, 0.25) is 0 Å². The van der Waals surface area contributed by atoms with Crippen molar-refractivity contribution in [2.45, 2.75) is 40.5 Å². The lowest BCUT2D eigenvalue weighted by atomic mass is 10.0. The molecule has 1 N–H and O–H groups in total. The number of nitrogens with one attached hydrogen (secondary N) is 1. The van der Waals surface area contributed by atoms with Gasteiger partial charge in [0.05, 0.1) is 6.54 Å². The van der Waals surface area contributed by atoms with E-state index >= 15 is 0 Å². The Labute approximate surface area is 169 Å². The van der Waals surface area contributed by atoms with Gasteiger partial charge in [-0.15, -0.1) is 0 Å². The predicted octanol–water partition coefficient (Wildman–Crippen LogP) is 5.47. The van der Waals surface area contributed by atoms with Crippen LogP contribution in [0.3, 0.4) is 0 Å². The molecule has 0 saturated carbocycles. The van der Waals surface area contributed by atoms with Crippen molar-refractivity contribution in [3.8, 4) is 0 Å². The van der Waals surface area contributed by atoms with Crippen LogP contribution < -0.4 is 5.43 Å². The van der Waals surface area contributed by atoms with E-state index in [1.165, 1.54) is 6.08 Å². The first kappa shape index (κ1) is 23.5. The molecule has 152 valence electrons. The van der Waals surface area contributed by atoms with Crippen LogP contribution in [0.1, 0.15) is 40.5 Å². The summed E-state index contributed by atoms with van der Waals surface area (Å²) in [6.07, 6.45) is 14.6. The Kier molecular flexibility index (Phi) is 10.7. The third kappa shape index (κ3) is 8.01. The number of aliphatic imine (C=N–C) groups is 2. The molecule has 0 spiro atoms. The van der Waals surface area contributed by atoms with Gasteiger partial charge in [0.15, 0.2) is 0 Å². The summed E-state index contributed by atoms with van der Waals surface area (Å²) >= 11 is 0. The summed E-state index contributed by atoms with van der Waals surface area (Å²) in [5.41, 5.74) is 8.21. The van der Waals surface area contributed by atoms with E-state index in [1.807, 2.05) is 51.1 Å². The molecule has 1 aliphatic carbocycles. The molecule has 4 nitrogen and oxygen atoms in total. The highest BCUT2D eigenvalue weighted by molar-refractivity contribution is 5.84. The zero-order valence-corrected chi connectivity index (χ0v) is 17.8. The monoisotopic (exact) mass is 384 g/mol. The van der Waals surface area contributed by atoms with Crippen molar-refractivity contribution in [2.75, 3.05) is 20.1 Å². The molecular weight excluding hydrogens is 351 g/mol. The minimum absolute atomic E-state index is 0.186. The quantitative estimate of drug-likeness (QED) is 0.325. The van der Waals surface area contributed by atoms with E-state index in [4.69, 9.17) is 0 Å². The average molecular weight is 385 g/mol. The molecule has 5 heteroatoms. The largest absolute Gasteiger partial charge is 0.311 e. The topological polar surface area (TPSA) is 40.0 Å². The highest BCUT2D eigenvalue weighted by Gasteiger charge is 2.13. The lowest BCUT2D eigenvalue weighted by Gasteiger charge is -2.25. The molecule has 0 atom stereocenters. The normalized spacial score (nSPS) is 17.1. The molecule has 28 heavy (non-hydrogen) atoms. The maximum Gasteiger partial charge on any atom is 0.127 e. The molecule has 1 aliphatic rings. The van der Waals surface area contributed by atoms with Crippen molar-refractivity contribution in [2.24, 2.45) is 9.98 Å². The zero-order valence-electron chi connectivity index (χ0n) is 17.8. The average Bonchev–Trinajstić information content (AvgIpc) is 2.63. The van der Waals surface area contributed by atoms with Crippen molar-refractivity contribution in [3.63, 3.8) is 0 Å². The van der Waals surface area contributed by atoms with Crippen molar-refractivity contribution in [3.05, 3.63) is 70.4 Å². The summed E-state index contributed by atoms with van der Waals surface area (Å²) in [7, 11) is 1.74. The molecule has 0 aliphatic heterocycles. The zero-order chi connectivity index (χ0) is 20.9. The van der Waals surface area contributed by atoms with Gasteiger partial charge in [-0.2, -0.15) is 0 Å². The molecule has 1 rings (SSSR count). The van der Waals surface area contributed by atoms with Crippen LogP contribution in [0.25, 0.3) is 0 Å². The third-order valence-corrected chi connectivity index (χ3v) is 4.28. The third-order valence-electron chi connectivity index (χ3n) is 4.28. The number of rotatable bonds is 9. The maximum absolute atomic E-state index is 14.5. The van der Waals surface area contributed by atoms with Crippen LogP contribution in [0.4, 0.5) is 4.39 Å².